The maximum absolute atomic E-state index is 5.05. The van der Waals surface area contributed by atoms with Crippen LogP contribution in [0, 0.1) is 0 Å². The standard InChI is InChI=1S/C63H40N6/c1-4-17-41(18-5-1)61-64-62(42-19-6-2-7-20-42)66-63(65-61)45-21-16-24-47(37-45)68-56-29-14-10-25-49(56)52-38-43(31-34-58(52)68)44-32-35-59-53(39-44)50-26-11-15-30-57(50)69(59)48-33-36-60-54(40-48)51-27-12-13-28-55(51)67(60)46-22-8-3-9-23-46/h1-40H. The topological polar surface area (TPSA) is 53.5 Å². The number of para-hydroxylation sites is 4. The van der Waals surface area contributed by atoms with Crippen LogP contribution in [0.4, 0.5) is 0 Å². The van der Waals surface area contributed by atoms with Gasteiger partial charge in [0.1, 0.15) is 0 Å². The molecule has 0 aliphatic heterocycles. The van der Waals surface area contributed by atoms with Gasteiger partial charge in [0, 0.05) is 66.1 Å². The Morgan fingerprint density at radius 2 is 0.551 bits per heavy atom. The fourth-order valence-electron chi connectivity index (χ4n) is 10.5. The van der Waals surface area contributed by atoms with Crippen LogP contribution in [-0.2, 0) is 0 Å². The molecule has 0 aliphatic carbocycles. The third-order valence-corrected chi connectivity index (χ3v) is 13.7. The zero-order valence-corrected chi connectivity index (χ0v) is 37.3. The normalized spacial score (nSPS) is 11.8. The van der Waals surface area contributed by atoms with E-state index in [0.717, 1.165) is 44.8 Å². The van der Waals surface area contributed by atoms with Gasteiger partial charge in [0.2, 0.25) is 0 Å². The van der Waals surface area contributed by atoms with Gasteiger partial charge in [-0.2, -0.15) is 0 Å². The molecule has 0 unspecified atom stereocenters. The summed E-state index contributed by atoms with van der Waals surface area (Å²) in [6.07, 6.45) is 0. The van der Waals surface area contributed by atoms with E-state index in [2.05, 4.69) is 196 Å². The minimum Gasteiger partial charge on any atom is -0.309 e. The predicted octanol–water partition coefficient (Wildman–Crippen LogP) is 15.8. The van der Waals surface area contributed by atoms with Crippen LogP contribution in [-0.4, -0.2) is 28.7 Å². The first-order valence-corrected chi connectivity index (χ1v) is 23.4. The second-order valence-electron chi connectivity index (χ2n) is 17.6. The van der Waals surface area contributed by atoms with Gasteiger partial charge >= 0.3 is 0 Å². The zero-order valence-electron chi connectivity index (χ0n) is 37.3. The Labute approximate surface area is 397 Å². The van der Waals surface area contributed by atoms with E-state index < -0.39 is 0 Å². The molecule has 0 aliphatic rings. The highest BCUT2D eigenvalue weighted by atomic mass is 15.0. The molecule has 69 heavy (non-hydrogen) atoms. The second kappa shape index (κ2) is 15.6. The van der Waals surface area contributed by atoms with E-state index in [-0.39, 0.29) is 0 Å². The van der Waals surface area contributed by atoms with Crippen LogP contribution >= 0.6 is 0 Å². The van der Waals surface area contributed by atoms with E-state index in [1.54, 1.807) is 0 Å². The van der Waals surface area contributed by atoms with Crippen LogP contribution in [0.5, 0.6) is 0 Å². The van der Waals surface area contributed by atoms with E-state index in [4.69, 9.17) is 15.0 Å². The molecule has 0 N–H and O–H groups in total. The Balaban J connectivity index is 0.882. The Hall–Kier alpha value is -9.39. The molecule has 14 aromatic rings. The van der Waals surface area contributed by atoms with Gasteiger partial charge in [-0.25, -0.2) is 15.0 Å². The molecule has 6 heteroatoms. The summed E-state index contributed by atoms with van der Waals surface area (Å²) in [4.78, 5) is 15.0. The molecule has 0 saturated carbocycles. The first-order chi connectivity index (χ1) is 34.2. The van der Waals surface area contributed by atoms with Gasteiger partial charge in [0.25, 0.3) is 0 Å². The number of aromatic nitrogens is 6. The average Bonchev–Trinajstić information content (AvgIpc) is 4.06. The van der Waals surface area contributed by atoms with Crippen LogP contribution in [0.2, 0.25) is 0 Å². The molecule has 14 rings (SSSR count). The molecule has 4 heterocycles. The number of fused-ring (bicyclic) bond motifs is 9. The van der Waals surface area contributed by atoms with Gasteiger partial charge in [-0.15, -0.1) is 0 Å². The van der Waals surface area contributed by atoms with Crippen molar-refractivity contribution >= 4 is 65.4 Å². The summed E-state index contributed by atoms with van der Waals surface area (Å²) in [6, 6.07) is 86.4. The summed E-state index contributed by atoms with van der Waals surface area (Å²) in [5.74, 6) is 1.91. The first kappa shape index (κ1) is 38.8. The summed E-state index contributed by atoms with van der Waals surface area (Å²) in [6.45, 7) is 0. The van der Waals surface area contributed by atoms with Crippen molar-refractivity contribution in [3.8, 4) is 62.4 Å². The van der Waals surface area contributed by atoms with Crippen molar-refractivity contribution in [2.45, 2.75) is 0 Å². The summed E-state index contributed by atoms with van der Waals surface area (Å²) in [5.41, 5.74) is 15.5. The van der Waals surface area contributed by atoms with E-state index in [1.165, 1.54) is 65.5 Å². The van der Waals surface area contributed by atoms with E-state index in [1.807, 2.05) is 60.7 Å². The second-order valence-corrected chi connectivity index (χ2v) is 17.6. The highest BCUT2D eigenvalue weighted by molar-refractivity contribution is 6.14. The van der Waals surface area contributed by atoms with E-state index >= 15 is 0 Å². The fraction of sp³-hybridized carbons (Fsp3) is 0. The summed E-state index contributed by atoms with van der Waals surface area (Å²) in [7, 11) is 0. The number of rotatable bonds is 7. The lowest BCUT2D eigenvalue weighted by Crippen LogP contribution is -2.01. The van der Waals surface area contributed by atoms with E-state index in [9.17, 15) is 0 Å². The van der Waals surface area contributed by atoms with Crippen molar-refractivity contribution in [2.24, 2.45) is 0 Å². The molecule has 0 saturated heterocycles. The van der Waals surface area contributed by atoms with Gasteiger partial charge < -0.3 is 13.7 Å². The van der Waals surface area contributed by atoms with Gasteiger partial charge in [-0.3, -0.25) is 0 Å². The van der Waals surface area contributed by atoms with Gasteiger partial charge in [-0.05, 0) is 96.1 Å². The molecular weight excluding hydrogens is 841 g/mol. The van der Waals surface area contributed by atoms with Crippen molar-refractivity contribution < 1.29 is 0 Å². The largest absolute Gasteiger partial charge is 0.309 e. The van der Waals surface area contributed by atoms with Crippen molar-refractivity contribution in [3.05, 3.63) is 243 Å². The number of hydrogen-bond acceptors (Lipinski definition) is 3. The minimum atomic E-state index is 0.626. The van der Waals surface area contributed by atoms with Gasteiger partial charge in [0.15, 0.2) is 17.5 Å². The number of benzene rings is 10. The molecule has 0 fully saturated rings. The Morgan fingerprint density at radius 3 is 1.06 bits per heavy atom. The summed E-state index contributed by atoms with van der Waals surface area (Å²) in [5, 5.41) is 7.30. The molecule has 6 nitrogen and oxygen atoms in total. The number of nitrogens with zero attached hydrogens (tertiary/aromatic N) is 6. The van der Waals surface area contributed by atoms with E-state index in [0.29, 0.717) is 17.5 Å². The molecule has 4 aromatic heterocycles. The zero-order chi connectivity index (χ0) is 45.4. The molecule has 0 amide bonds. The molecular formula is C63H40N6. The third kappa shape index (κ3) is 6.30. The van der Waals surface area contributed by atoms with Crippen molar-refractivity contribution in [3.63, 3.8) is 0 Å². The Morgan fingerprint density at radius 1 is 0.203 bits per heavy atom. The van der Waals surface area contributed by atoms with Crippen LogP contribution in [0.25, 0.3) is 128 Å². The fourth-order valence-corrected chi connectivity index (χ4v) is 10.5. The highest BCUT2D eigenvalue weighted by Gasteiger charge is 2.19. The third-order valence-electron chi connectivity index (χ3n) is 13.7. The first-order valence-electron chi connectivity index (χ1n) is 23.4. The molecule has 0 radical (unpaired) electrons. The van der Waals surface area contributed by atoms with Gasteiger partial charge in [-0.1, -0.05) is 158 Å². The Kier molecular flexibility index (Phi) is 8.79. The highest BCUT2D eigenvalue weighted by Crippen LogP contribution is 2.40. The van der Waals surface area contributed by atoms with Crippen LogP contribution in [0.3, 0.4) is 0 Å². The number of hydrogen-bond donors (Lipinski definition) is 0. The molecule has 10 aromatic carbocycles. The lowest BCUT2D eigenvalue weighted by atomic mass is 10.0. The van der Waals surface area contributed by atoms with Gasteiger partial charge in [0.05, 0.1) is 33.1 Å². The van der Waals surface area contributed by atoms with Crippen molar-refractivity contribution in [1.29, 1.82) is 0 Å². The average molecular weight is 881 g/mol. The SMILES string of the molecule is c1ccc(-c2nc(-c3ccccc3)nc(-c3cccc(-n4c5ccccc5c5cc(-c6ccc7c(c6)c6ccccc6n7-c6ccc7c(c6)c6ccccc6n7-c6ccccc6)ccc54)c3)n2)cc1. The summed E-state index contributed by atoms with van der Waals surface area (Å²) < 4.78 is 7.16. The van der Waals surface area contributed by atoms with Crippen molar-refractivity contribution in [2.75, 3.05) is 0 Å². The minimum absolute atomic E-state index is 0.626. The summed E-state index contributed by atoms with van der Waals surface area (Å²) >= 11 is 0. The lowest BCUT2D eigenvalue weighted by Gasteiger charge is -2.12. The molecule has 0 spiro atoms. The van der Waals surface area contributed by atoms with Crippen LogP contribution in [0.15, 0.2) is 243 Å². The maximum Gasteiger partial charge on any atom is 0.164 e. The molecule has 0 atom stereocenters. The lowest BCUT2D eigenvalue weighted by molar-refractivity contribution is 1.07. The quantitative estimate of drug-likeness (QED) is 0.160. The van der Waals surface area contributed by atoms with Crippen LogP contribution in [0.1, 0.15) is 0 Å². The van der Waals surface area contributed by atoms with Crippen LogP contribution < -0.4 is 0 Å². The molecule has 0 bridgehead atoms. The monoisotopic (exact) mass is 880 g/mol. The molecule has 322 valence electrons. The predicted molar refractivity (Wildman–Crippen MR) is 285 cm³/mol. The van der Waals surface area contributed by atoms with Crippen molar-refractivity contribution in [1.82, 2.24) is 28.7 Å². The smallest absolute Gasteiger partial charge is 0.164 e. The maximum atomic E-state index is 5.05. The Bertz CT molecular complexity index is 4240.